The summed E-state index contributed by atoms with van der Waals surface area (Å²) in [4.78, 5) is 15.3. The molecule has 1 aliphatic carbocycles. The Hall–Kier alpha value is -1.49. The van der Waals surface area contributed by atoms with Crippen molar-refractivity contribution in [1.29, 1.82) is 0 Å². The predicted molar refractivity (Wildman–Crippen MR) is 57.2 cm³/mol. The quantitative estimate of drug-likeness (QED) is 0.789. The van der Waals surface area contributed by atoms with Gasteiger partial charge in [0.15, 0.2) is 0 Å². The summed E-state index contributed by atoms with van der Waals surface area (Å²) in [6.07, 6.45) is 3.14. The Morgan fingerprint density at radius 1 is 1.56 bits per heavy atom. The van der Waals surface area contributed by atoms with Crippen molar-refractivity contribution >= 4 is 5.91 Å². The van der Waals surface area contributed by atoms with Crippen molar-refractivity contribution in [2.45, 2.75) is 12.8 Å². The number of rotatable bonds is 4. The first-order valence-electron chi connectivity index (χ1n) is 5.25. The average molecular weight is 223 g/mol. The van der Waals surface area contributed by atoms with Crippen LogP contribution in [0.15, 0.2) is 18.3 Å². The maximum atomic E-state index is 12.6. The molecule has 0 spiro atoms. The minimum atomic E-state index is -0.447. The highest BCUT2D eigenvalue weighted by Gasteiger charge is 2.41. The summed E-state index contributed by atoms with van der Waals surface area (Å²) in [5.41, 5.74) is 5.92. The zero-order valence-electron chi connectivity index (χ0n) is 8.87. The maximum absolute atomic E-state index is 12.6. The van der Waals surface area contributed by atoms with Crippen molar-refractivity contribution in [2.24, 2.45) is 11.1 Å². The van der Waals surface area contributed by atoms with E-state index in [1.54, 1.807) is 0 Å². The molecular weight excluding hydrogens is 209 g/mol. The second-order valence-electron chi connectivity index (χ2n) is 4.25. The summed E-state index contributed by atoms with van der Waals surface area (Å²) < 4.78 is 12.6. The van der Waals surface area contributed by atoms with Gasteiger partial charge in [0.1, 0.15) is 11.5 Å². The van der Waals surface area contributed by atoms with Gasteiger partial charge in [0, 0.05) is 12.0 Å². The third kappa shape index (κ3) is 2.36. The molecule has 86 valence electrons. The second kappa shape index (κ2) is 4.17. The normalized spacial score (nSPS) is 16.9. The van der Waals surface area contributed by atoms with Crippen LogP contribution in [-0.4, -0.2) is 24.0 Å². The third-order valence-electron chi connectivity index (χ3n) is 2.97. The molecule has 16 heavy (non-hydrogen) atoms. The second-order valence-corrected chi connectivity index (χ2v) is 4.25. The molecule has 4 nitrogen and oxygen atoms in total. The van der Waals surface area contributed by atoms with Crippen LogP contribution in [0, 0.1) is 11.2 Å². The molecule has 0 atom stereocenters. The Bertz CT molecular complexity index is 387. The van der Waals surface area contributed by atoms with Gasteiger partial charge in [-0.15, -0.1) is 0 Å². The van der Waals surface area contributed by atoms with Crippen LogP contribution in [0.3, 0.4) is 0 Å². The number of hydrogen-bond donors (Lipinski definition) is 2. The molecule has 0 saturated heterocycles. The molecule has 0 aromatic carbocycles. The number of nitrogens with two attached hydrogens (primary N) is 1. The van der Waals surface area contributed by atoms with Crippen molar-refractivity contribution in [3.63, 3.8) is 0 Å². The van der Waals surface area contributed by atoms with E-state index in [0.29, 0.717) is 13.1 Å². The summed E-state index contributed by atoms with van der Waals surface area (Å²) in [7, 11) is 0. The number of amides is 1. The summed E-state index contributed by atoms with van der Waals surface area (Å²) in [6, 6.07) is 2.59. The van der Waals surface area contributed by atoms with Crippen molar-refractivity contribution in [1.82, 2.24) is 10.3 Å². The van der Waals surface area contributed by atoms with Gasteiger partial charge in [-0.05, 0) is 31.5 Å². The van der Waals surface area contributed by atoms with Crippen LogP contribution in [-0.2, 0) is 0 Å². The van der Waals surface area contributed by atoms with E-state index in [1.807, 2.05) is 0 Å². The first-order chi connectivity index (χ1) is 7.65. The molecule has 2 rings (SSSR count). The third-order valence-corrected chi connectivity index (χ3v) is 2.97. The smallest absolute Gasteiger partial charge is 0.269 e. The number of aromatic nitrogens is 1. The van der Waals surface area contributed by atoms with Gasteiger partial charge in [-0.25, -0.2) is 9.37 Å². The SMILES string of the molecule is NCC1(CNC(=O)c2ccc(F)cn2)CC1. The van der Waals surface area contributed by atoms with Crippen molar-refractivity contribution in [3.8, 4) is 0 Å². The molecule has 0 radical (unpaired) electrons. The number of carbonyl (C=O) groups is 1. The van der Waals surface area contributed by atoms with E-state index in [0.717, 1.165) is 19.0 Å². The molecule has 1 aromatic rings. The van der Waals surface area contributed by atoms with Gasteiger partial charge in [-0.2, -0.15) is 0 Å². The lowest BCUT2D eigenvalue weighted by Gasteiger charge is -2.12. The Balaban J connectivity index is 1.91. The molecule has 1 saturated carbocycles. The fraction of sp³-hybridized carbons (Fsp3) is 0.455. The number of pyridine rings is 1. The highest BCUT2D eigenvalue weighted by Crippen LogP contribution is 2.43. The Morgan fingerprint density at radius 3 is 2.81 bits per heavy atom. The van der Waals surface area contributed by atoms with Gasteiger partial charge < -0.3 is 11.1 Å². The summed E-state index contributed by atoms with van der Waals surface area (Å²) in [5, 5.41) is 2.77. The van der Waals surface area contributed by atoms with E-state index in [1.165, 1.54) is 12.1 Å². The molecule has 3 N–H and O–H groups in total. The van der Waals surface area contributed by atoms with E-state index < -0.39 is 5.82 Å². The van der Waals surface area contributed by atoms with Crippen molar-refractivity contribution in [3.05, 3.63) is 29.8 Å². The highest BCUT2D eigenvalue weighted by molar-refractivity contribution is 5.92. The van der Waals surface area contributed by atoms with Crippen LogP contribution >= 0.6 is 0 Å². The lowest BCUT2D eigenvalue weighted by atomic mass is 10.1. The number of nitrogens with zero attached hydrogens (tertiary/aromatic N) is 1. The summed E-state index contributed by atoms with van der Waals surface area (Å²) in [5.74, 6) is -0.725. The van der Waals surface area contributed by atoms with Crippen LogP contribution in [0.4, 0.5) is 4.39 Å². The molecule has 0 unspecified atom stereocenters. The van der Waals surface area contributed by atoms with Crippen LogP contribution in [0.2, 0.25) is 0 Å². The van der Waals surface area contributed by atoms with E-state index in [9.17, 15) is 9.18 Å². The molecular formula is C11H14FN3O. The Morgan fingerprint density at radius 2 is 2.31 bits per heavy atom. The number of halogens is 1. The predicted octanol–water partition coefficient (Wildman–Crippen LogP) is 0.689. The van der Waals surface area contributed by atoms with Crippen molar-refractivity contribution in [2.75, 3.05) is 13.1 Å². The van der Waals surface area contributed by atoms with Gasteiger partial charge >= 0.3 is 0 Å². The number of hydrogen-bond acceptors (Lipinski definition) is 3. The van der Waals surface area contributed by atoms with Crippen LogP contribution in [0.25, 0.3) is 0 Å². The van der Waals surface area contributed by atoms with Gasteiger partial charge in [0.25, 0.3) is 5.91 Å². The lowest BCUT2D eigenvalue weighted by Crippen LogP contribution is -2.34. The summed E-state index contributed by atoms with van der Waals surface area (Å²) in [6.45, 7) is 1.16. The van der Waals surface area contributed by atoms with Crippen molar-refractivity contribution < 1.29 is 9.18 Å². The largest absolute Gasteiger partial charge is 0.350 e. The lowest BCUT2D eigenvalue weighted by molar-refractivity contribution is 0.0940. The molecule has 1 amide bonds. The fourth-order valence-corrected chi connectivity index (χ4v) is 1.50. The van der Waals surface area contributed by atoms with Gasteiger partial charge in [0.05, 0.1) is 6.20 Å². The molecule has 5 heteroatoms. The van der Waals surface area contributed by atoms with Crippen LogP contribution in [0.1, 0.15) is 23.3 Å². The fourth-order valence-electron chi connectivity index (χ4n) is 1.50. The zero-order valence-corrected chi connectivity index (χ0v) is 8.87. The number of carbonyl (C=O) groups excluding carboxylic acids is 1. The van der Waals surface area contributed by atoms with E-state index in [4.69, 9.17) is 5.73 Å². The van der Waals surface area contributed by atoms with E-state index in [-0.39, 0.29) is 17.0 Å². The molecule has 0 bridgehead atoms. The monoisotopic (exact) mass is 223 g/mol. The van der Waals surface area contributed by atoms with E-state index in [2.05, 4.69) is 10.3 Å². The molecule has 1 aliphatic rings. The topological polar surface area (TPSA) is 68.0 Å². The van der Waals surface area contributed by atoms with E-state index >= 15 is 0 Å². The Labute approximate surface area is 93.1 Å². The zero-order chi connectivity index (χ0) is 11.6. The van der Waals surface area contributed by atoms with Gasteiger partial charge in [-0.1, -0.05) is 0 Å². The standard InChI is InChI=1S/C11H14FN3O/c12-8-1-2-9(14-5-8)10(16)15-7-11(6-13)3-4-11/h1-2,5H,3-4,6-7,13H2,(H,15,16). The van der Waals surface area contributed by atoms with Crippen LogP contribution < -0.4 is 11.1 Å². The first-order valence-corrected chi connectivity index (χ1v) is 5.25. The van der Waals surface area contributed by atoms with Gasteiger partial charge in [-0.3, -0.25) is 4.79 Å². The molecule has 0 aliphatic heterocycles. The molecule has 1 aromatic heterocycles. The first kappa shape index (κ1) is 11.0. The minimum absolute atomic E-state index is 0.0929. The Kier molecular flexibility index (Phi) is 2.87. The molecule has 1 heterocycles. The molecule has 1 fully saturated rings. The number of nitrogens with one attached hydrogen (secondary N) is 1. The highest BCUT2D eigenvalue weighted by atomic mass is 19.1. The maximum Gasteiger partial charge on any atom is 0.269 e. The minimum Gasteiger partial charge on any atom is -0.350 e. The van der Waals surface area contributed by atoms with Gasteiger partial charge in [0.2, 0.25) is 0 Å². The van der Waals surface area contributed by atoms with Crippen LogP contribution in [0.5, 0.6) is 0 Å². The summed E-state index contributed by atoms with van der Waals surface area (Å²) >= 11 is 0. The average Bonchev–Trinajstić information content (AvgIpc) is 3.08.